The van der Waals surface area contributed by atoms with E-state index in [1.165, 1.54) is 11.1 Å². The van der Waals surface area contributed by atoms with E-state index in [9.17, 15) is 4.79 Å². The van der Waals surface area contributed by atoms with Gasteiger partial charge in [-0.2, -0.15) is 0 Å². The van der Waals surface area contributed by atoms with Crippen molar-refractivity contribution in [2.24, 2.45) is 0 Å². The van der Waals surface area contributed by atoms with E-state index in [0.717, 1.165) is 30.5 Å². The molecule has 2 heteroatoms. The van der Waals surface area contributed by atoms with Crippen LogP contribution < -0.4 is 4.74 Å². The normalized spacial score (nSPS) is 16.8. The van der Waals surface area contributed by atoms with E-state index >= 15 is 0 Å². The standard InChI is InChI=1S/C12H12O2/c1-14-11-4-5-12-9(6-7-13)2-3-10(12)8-11/h4-8H,2-3H2,1H3/b9-6+. The molecule has 1 aliphatic rings. The van der Waals surface area contributed by atoms with Gasteiger partial charge in [-0.1, -0.05) is 6.07 Å². The lowest BCUT2D eigenvalue weighted by molar-refractivity contribution is -0.104. The van der Waals surface area contributed by atoms with Gasteiger partial charge < -0.3 is 4.74 Å². The van der Waals surface area contributed by atoms with Gasteiger partial charge in [0.15, 0.2) is 0 Å². The monoisotopic (exact) mass is 188 g/mol. The molecule has 0 N–H and O–H groups in total. The Morgan fingerprint density at radius 1 is 1.36 bits per heavy atom. The molecule has 0 bridgehead atoms. The van der Waals surface area contributed by atoms with E-state index in [4.69, 9.17) is 4.74 Å². The van der Waals surface area contributed by atoms with Crippen molar-refractivity contribution in [2.45, 2.75) is 12.8 Å². The van der Waals surface area contributed by atoms with Crippen LogP contribution in [-0.2, 0) is 11.2 Å². The Kier molecular flexibility index (Phi) is 2.35. The second kappa shape index (κ2) is 3.66. The van der Waals surface area contributed by atoms with Crippen LogP contribution in [0.1, 0.15) is 17.5 Å². The molecule has 72 valence electrons. The topological polar surface area (TPSA) is 26.3 Å². The molecule has 2 rings (SSSR count). The lowest BCUT2D eigenvalue weighted by Crippen LogP contribution is -1.86. The molecule has 14 heavy (non-hydrogen) atoms. The zero-order valence-electron chi connectivity index (χ0n) is 8.12. The van der Waals surface area contributed by atoms with Crippen LogP contribution in [0, 0.1) is 0 Å². The van der Waals surface area contributed by atoms with Crippen LogP contribution in [0.2, 0.25) is 0 Å². The SMILES string of the molecule is COc1ccc2c(c1)CC/C2=C\C=O. The maximum Gasteiger partial charge on any atom is 0.143 e. The number of aldehydes is 1. The Morgan fingerprint density at radius 2 is 2.21 bits per heavy atom. The molecule has 0 saturated carbocycles. The van der Waals surface area contributed by atoms with Crippen LogP contribution in [0.25, 0.3) is 5.57 Å². The van der Waals surface area contributed by atoms with Gasteiger partial charge in [-0.15, -0.1) is 0 Å². The largest absolute Gasteiger partial charge is 0.497 e. The second-order valence-corrected chi connectivity index (χ2v) is 3.35. The molecule has 0 atom stereocenters. The number of methoxy groups -OCH3 is 1. The number of allylic oxidation sites excluding steroid dienone is 2. The first-order valence-electron chi connectivity index (χ1n) is 4.67. The number of aryl methyl sites for hydroxylation is 1. The molecule has 0 fully saturated rings. The summed E-state index contributed by atoms with van der Waals surface area (Å²) in [6.07, 6.45) is 4.47. The van der Waals surface area contributed by atoms with Crippen molar-refractivity contribution in [1.29, 1.82) is 0 Å². The van der Waals surface area contributed by atoms with E-state index < -0.39 is 0 Å². The Hall–Kier alpha value is -1.57. The Morgan fingerprint density at radius 3 is 2.93 bits per heavy atom. The van der Waals surface area contributed by atoms with Crippen LogP contribution >= 0.6 is 0 Å². The summed E-state index contributed by atoms with van der Waals surface area (Å²) in [5.74, 6) is 0.885. The third-order valence-electron chi connectivity index (χ3n) is 2.59. The third-order valence-corrected chi connectivity index (χ3v) is 2.59. The van der Waals surface area contributed by atoms with E-state index in [1.54, 1.807) is 13.2 Å². The van der Waals surface area contributed by atoms with Gasteiger partial charge in [-0.25, -0.2) is 0 Å². The molecular weight excluding hydrogens is 176 g/mol. The molecule has 0 aliphatic heterocycles. The zero-order chi connectivity index (χ0) is 9.97. The first-order valence-corrected chi connectivity index (χ1v) is 4.67. The van der Waals surface area contributed by atoms with Crippen molar-refractivity contribution in [2.75, 3.05) is 7.11 Å². The van der Waals surface area contributed by atoms with Crippen LogP contribution in [-0.4, -0.2) is 13.4 Å². The Bertz CT molecular complexity index is 391. The number of carbonyl (C=O) groups excluding carboxylic acids is 1. The van der Waals surface area contributed by atoms with Gasteiger partial charge in [-0.05, 0) is 47.8 Å². The number of rotatable bonds is 2. The third kappa shape index (κ3) is 1.43. The second-order valence-electron chi connectivity index (χ2n) is 3.35. The molecule has 1 aromatic rings. The van der Waals surface area contributed by atoms with Crippen LogP contribution in [0.4, 0.5) is 0 Å². The van der Waals surface area contributed by atoms with Gasteiger partial charge in [0.2, 0.25) is 0 Å². The van der Waals surface area contributed by atoms with Crippen molar-refractivity contribution in [3.63, 3.8) is 0 Å². The summed E-state index contributed by atoms with van der Waals surface area (Å²) in [5, 5.41) is 0. The van der Waals surface area contributed by atoms with E-state index in [1.807, 2.05) is 18.2 Å². The quantitative estimate of drug-likeness (QED) is 0.525. The predicted molar refractivity (Wildman–Crippen MR) is 55.4 cm³/mol. The molecule has 0 saturated heterocycles. The van der Waals surface area contributed by atoms with Gasteiger partial charge in [0.1, 0.15) is 12.0 Å². The van der Waals surface area contributed by atoms with Crippen molar-refractivity contribution in [1.82, 2.24) is 0 Å². The summed E-state index contributed by atoms with van der Waals surface area (Å²) < 4.78 is 5.15. The van der Waals surface area contributed by atoms with Crippen molar-refractivity contribution < 1.29 is 9.53 Å². The highest BCUT2D eigenvalue weighted by Gasteiger charge is 2.15. The molecule has 0 amide bonds. The minimum atomic E-state index is 0.856. The Labute approximate surface area is 83.2 Å². The summed E-state index contributed by atoms with van der Waals surface area (Å²) in [6.45, 7) is 0. The summed E-state index contributed by atoms with van der Waals surface area (Å²) >= 11 is 0. The molecule has 1 aliphatic carbocycles. The number of fused-ring (bicyclic) bond motifs is 1. The number of hydrogen-bond donors (Lipinski definition) is 0. The molecule has 2 nitrogen and oxygen atoms in total. The van der Waals surface area contributed by atoms with Gasteiger partial charge in [-0.3, -0.25) is 4.79 Å². The molecule has 0 radical (unpaired) electrons. The lowest BCUT2D eigenvalue weighted by atomic mass is 10.1. The van der Waals surface area contributed by atoms with E-state index in [2.05, 4.69) is 0 Å². The highest BCUT2D eigenvalue weighted by atomic mass is 16.5. The molecule has 1 aromatic carbocycles. The summed E-state index contributed by atoms with van der Waals surface area (Å²) in [4.78, 5) is 10.4. The summed E-state index contributed by atoms with van der Waals surface area (Å²) in [6, 6.07) is 6.00. The van der Waals surface area contributed by atoms with Gasteiger partial charge in [0.25, 0.3) is 0 Å². The van der Waals surface area contributed by atoms with Crippen molar-refractivity contribution in [3.8, 4) is 5.75 Å². The first kappa shape index (κ1) is 9.00. The van der Waals surface area contributed by atoms with Crippen molar-refractivity contribution in [3.05, 3.63) is 35.4 Å². The molecular formula is C12H12O2. The smallest absolute Gasteiger partial charge is 0.143 e. The average Bonchev–Trinajstić information content (AvgIpc) is 2.61. The first-order chi connectivity index (χ1) is 6.85. The minimum absolute atomic E-state index is 0.856. The fourth-order valence-corrected chi connectivity index (χ4v) is 1.88. The lowest BCUT2D eigenvalue weighted by Gasteiger charge is -2.03. The summed E-state index contributed by atoms with van der Waals surface area (Å²) in [7, 11) is 1.67. The molecule has 0 heterocycles. The van der Waals surface area contributed by atoms with Gasteiger partial charge >= 0.3 is 0 Å². The highest BCUT2D eigenvalue weighted by molar-refractivity contribution is 5.84. The molecule has 0 aromatic heterocycles. The average molecular weight is 188 g/mol. The maximum absolute atomic E-state index is 10.4. The molecule has 0 unspecified atom stereocenters. The van der Waals surface area contributed by atoms with Gasteiger partial charge in [0.05, 0.1) is 7.11 Å². The number of ether oxygens (including phenoxy) is 1. The fourth-order valence-electron chi connectivity index (χ4n) is 1.88. The van der Waals surface area contributed by atoms with Crippen LogP contribution in [0.5, 0.6) is 5.75 Å². The predicted octanol–water partition coefficient (Wildman–Crippen LogP) is 2.22. The van der Waals surface area contributed by atoms with E-state index in [-0.39, 0.29) is 0 Å². The summed E-state index contributed by atoms with van der Waals surface area (Å²) in [5.41, 5.74) is 3.60. The van der Waals surface area contributed by atoms with Gasteiger partial charge in [0, 0.05) is 0 Å². The van der Waals surface area contributed by atoms with Crippen molar-refractivity contribution >= 4 is 11.9 Å². The number of benzene rings is 1. The minimum Gasteiger partial charge on any atom is -0.497 e. The molecule has 0 spiro atoms. The van der Waals surface area contributed by atoms with Crippen LogP contribution in [0.15, 0.2) is 24.3 Å². The van der Waals surface area contributed by atoms with E-state index in [0.29, 0.717) is 0 Å². The number of hydrogen-bond acceptors (Lipinski definition) is 2. The van der Waals surface area contributed by atoms with Crippen LogP contribution in [0.3, 0.4) is 0 Å². The maximum atomic E-state index is 10.4. The number of carbonyl (C=O) groups is 1. The highest BCUT2D eigenvalue weighted by Crippen LogP contribution is 2.33. The Balaban J connectivity index is 2.43. The fraction of sp³-hybridized carbons (Fsp3) is 0.250. The zero-order valence-corrected chi connectivity index (χ0v) is 8.12.